The summed E-state index contributed by atoms with van der Waals surface area (Å²) in [4.78, 5) is 1.09. The highest BCUT2D eigenvalue weighted by Crippen LogP contribution is 2.37. The van der Waals surface area contributed by atoms with Crippen molar-refractivity contribution in [3.05, 3.63) is 28.8 Å². The molecule has 1 unspecified atom stereocenters. The topological polar surface area (TPSA) is 46.2 Å². The SMILES string of the molecule is O=S(=O)(CCCl)NC1CCSc2ccc(Cl)cc21. The molecule has 1 aromatic carbocycles. The van der Waals surface area contributed by atoms with E-state index in [0.29, 0.717) is 5.02 Å². The zero-order valence-electron chi connectivity index (χ0n) is 9.53. The molecule has 1 aliphatic heterocycles. The van der Waals surface area contributed by atoms with Gasteiger partial charge in [0.2, 0.25) is 10.0 Å². The molecule has 0 saturated heterocycles. The fourth-order valence-corrected chi connectivity index (χ4v) is 4.76. The Balaban J connectivity index is 2.25. The number of alkyl halides is 1. The maximum Gasteiger partial charge on any atom is 0.213 e. The van der Waals surface area contributed by atoms with E-state index in [4.69, 9.17) is 23.2 Å². The summed E-state index contributed by atoms with van der Waals surface area (Å²) in [7, 11) is -3.32. The van der Waals surface area contributed by atoms with Crippen molar-refractivity contribution in [2.24, 2.45) is 0 Å². The van der Waals surface area contributed by atoms with Crippen molar-refractivity contribution in [2.75, 3.05) is 17.4 Å². The molecule has 0 aliphatic carbocycles. The van der Waals surface area contributed by atoms with Gasteiger partial charge in [0.15, 0.2) is 0 Å². The van der Waals surface area contributed by atoms with Crippen LogP contribution in [-0.4, -0.2) is 25.8 Å². The Kier molecular flexibility index (Phi) is 4.83. The first-order valence-corrected chi connectivity index (χ1v) is 9.05. The maximum atomic E-state index is 11.8. The second kappa shape index (κ2) is 6.01. The van der Waals surface area contributed by atoms with E-state index < -0.39 is 10.0 Å². The van der Waals surface area contributed by atoms with Crippen molar-refractivity contribution < 1.29 is 8.42 Å². The summed E-state index contributed by atoms with van der Waals surface area (Å²) in [5.74, 6) is 0.927. The Bertz CT molecular complexity index is 534. The van der Waals surface area contributed by atoms with Crippen molar-refractivity contribution in [3.63, 3.8) is 0 Å². The molecule has 0 spiro atoms. The van der Waals surface area contributed by atoms with Gasteiger partial charge < -0.3 is 0 Å². The van der Waals surface area contributed by atoms with Gasteiger partial charge >= 0.3 is 0 Å². The fraction of sp³-hybridized carbons (Fsp3) is 0.455. The Morgan fingerprint density at radius 3 is 2.94 bits per heavy atom. The first kappa shape index (κ1) is 14.5. The van der Waals surface area contributed by atoms with Crippen molar-refractivity contribution in [2.45, 2.75) is 17.4 Å². The number of rotatable bonds is 4. The molecule has 100 valence electrons. The molecule has 0 bridgehead atoms. The summed E-state index contributed by atoms with van der Waals surface area (Å²) in [6.07, 6.45) is 0.763. The van der Waals surface area contributed by atoms with Gasteiger partial charge in [-0.05, 0) is 35.9 Å². The van der Waals surface area contributed by atoms with Crippen LogP contribution in [0.25, 0.3) is 0 Å². The molecule has 0 aromatic heterocycles. The van der Waals surface area contributed by atoms with Crippen LogP contribution in [0.5, 0.6) is 0 Å². The summed E-state index contributed by atoms with van der Waals surface area (Å²) in [5.41, 5.74) is 0.955. The lowest BCUT2D eigenvalue weighted by atomic mass is 10.1. The van der Waals surface area contributed by atoms with Gasteiger partial charge in [-0.25, -0.2) is 13.1 Å². The molecule has 1 N–H and O–H groups in total. The lowest BCUT2D eigenvalue weighted by molar-refractivity contribution is 0.547. The second-order valence-corrected chi connectivity index (χ2v) is 7.82. The third-order valence-electron chi connectivity index (χ3n) is 2.68. The third kappa shape index (κ3) is 3.54. The predicted octanol–water partition coefficient (Wildman–Crippen LogP) is 3.04. The summed E-state index contributed by atoms with van der Waals surface area (Å²) >= 11 is 13.2. The summed E-state index contributed by atoms with van der Waals surface area (Å²) in [6.45, 7) is 0. The Labute approximate surface area is 121 Å². The average molecular weight is 326 g/mol. The molecule has 0 amide bonds. The van der Waals surface area contributed by atoms with Crippen molar-refractivity contribution in [1.29, 1.82) is 0 Å². The minimum absolute atomic E-state index is 0.0614. The molecule has 1 aliphatic rings. The average Bonchev–Trinajstić information content (AvgIpc) is 2.29. The lowest BCUT2D eigenvalue weighted by Crippen LogP contribution is -2.32. The molecule has 1 atom stereocenters. The van der Waals surface area contributed by atoms with E-state index in [1.54, 1.807) is 11.8 Å². The largest absolute Gasteiger partial charge is 0.213 e. The molecule has 7 heteroatoms. The zero-order valence-corrected chi connectivity index (χ0v) is 12.7. The Hall–Kier alpha value is 0.0600. The number of nitrogens with one attached hydrogen (secondary N) is 1. The van der Waals surface area contributed by atoms with Crippen LogP contribution in [0.2, 0.25) is 5.02 Å². The summed E-state index contributed by atoms with van der Waals surface area (Å²) < 4.78 is 26.2. The molecule has 0 saturated carbocycles. The summed E-state index contributed by atoms with van der Waals surface area (Å²) in [6, 6.07) is 5.39. The van der Waals surface area contributed by atoms with Crippen LogP contribution in [-0.2, 0) is 10.0 Å². The maximum absolute atomic E-state index is 11.8. The lowest BCUT2D eigenvalue weighted by Gasteiger charge is -2.25. The number of hydrogen-bond donors (Lipinski definition) is 1. The van der Waals surface area contributed by atoms with Gasteiger partial charge in [-0.15, -0.1) is 23.4 Å². The molecular weight excluding hydrogens is 313 g/mol. The first-order valence-electron chi connectivity index (χ1n) is 5.50. The monoisotopic (exact) mass is 325 g/mol. The Morgan fingerprint density at radius 2 is 2.22 bits per heavy atom. The molecule has 1 heterocycles. The van der Waals surface area contributed by atoms with Gasteiger partial charge in [-0.1, -0.05) is 11.6 Å². The molecule has 18 heavy (non-hydrogen) atoms. The van der Waals surface area contributed by atoms with Crippen LogP contribution in [0.4, 0.5) is 0 Å². The van der Waals surface area contributed by atoms with Crippen LogP contribution < -0.4 is 4.72 Å². The van der Waals surface area contributed by atoms with Crippen molar-refractivity contribution in [3.8, 4) is 0 Å². The van der Waals surface area contributed by atoms with E-state index in [0.717, 1.165) is 22.6 Å². The highest BCUT2D eigenvalue weighted by Gasteiger charge is 2.25. The van der Waals surface area contributed by atoms with E-state index >= 15 is 0 Å². The highest BCUT2D eigenvalue weighted by atomic mass is 35.5. The highest BCUT2D eigenvalue weighted by molar-refractivity contribution is 7.99. The molecule has 0 radical (unpaired) electrons. The molecule has 2 rings (SSSR count). The molecule has 3 nitrogen and oxygen atoms in total. The van der Waals surface area contributed by atoms with E-state index in [1.807, 2.05) is 18.2 Å². The van der Waals surface area contributed by atoms with Gasteiger partial charge in [0.25, 0.3) is 0 Å². The van der Waals surface area contributed by atoms with E-state index in [1.165, 1.54) is 0 Å². The minimum atomic E-state index is -3.32. The van der Waals surface area contributed by atoms with Crippen molar-refractivity contribution in [1.82, 2.24) is 4.72 Å². The molecule has 0 fully saturated rings. The van der Waals surface area contributed by atoms with Crippen LogP contribution in [0.1, 0.15) is 18.0 Å². The van der Waals surface area contributed by atoms with Gasteiger partial charge in [-0.2, -0.15) is 0 Å². The first-order chi connectivity index (χ1) is 8.52. The minimum Gasteiger partial charge on any atom is -0.212 e. The quantitative estimate of drug-likeness (QED) is 0.865. The Morgan fingerprint density at radius 1 is 1.44 bits per heavy atom. The number of benzene rings is 1. The normalized spacial score (nSPS) is 19.6. The van der Waals surface area contributed by atoms with Crippen LogP contribution in [0.3, 0.4) is 0 Å². The van der Waals surface area contributed by atoms with E-state index in [9.17, 15) is 8.42 Å². The number of thioether (sulfide) groups is 1. The van der Waals surface area contributed by atoms with E-state index in [2.05, 4.69) is 4.72 Å². The number of halogens is 2. The van der Waals surface area contributed by atoms with Gasteiger partial charge in [-0.3, -0.25) is 0 Å². The van der Waals surface area contributed by atoms with E-state index in [-0.39, 0.29) is 17.7 Å². The standard InChI is InChI=1S/C11H13Cl2NO2S2/c12-4-6-18(15,16)14-10-3-5-17-11-2-1-8(13)7-9(10)11/h1-2,7,10,14H,3-6H2. The molecule has 1 aromatic rings. The predicted molar refractivity (Wildman–Crippen MR) is 77.2 cm³/mol. The zero-order chi connectivity index (χ0) is 13.2. The van der Waals surface area contributed by atoms with Crippen LogP contribution in [0.15, 0.2) is 23.1 Å². The van der Waals surface area contributed by atoms with Crippen LogP contribution >= 0.6 is 35.0 Å². The summed E-state index contributed by atoms with van der Waals surface area (Å²) in [5, 5.41) is 0.623. The van der Waals surface area contributed by atoms with Gasteiger partial charge in [0.1, 0.15) is 0 Å². The number of sulfonamides is 1. The number of fused-ring (bicyclic) bond motifs is 1. The smallest absolute Gasteiger partial charge is 0.212 e. The van der Waals surface area contributed by atoms with Crippen LogP contribution in [0, 0.1) is 0 Å². The third-order valence-corrected chi connectivity index (χ3v) is 5.84. The van der Waals surface area contributed by atoms with Gasteiger partial charge in [0.05, 0.1) is 5.75 Å². The second-order valence-electron chi connectivity index (χ2n) is 4.00. The van der Waals surface area contributed by atoms with Crippen molar-refractivity contribution >= 4 is 45.0 Å². The fourth-order valence-electron chi connectivity index (χ4n) is 1.86. The van der Waals surface area contributed by atoms with Gasteiger partial charge in [0, 0.05) is 21.8 Å². The number of hydrogen-bond acceptors (Lipinski definition) is 3. The molecular formula is C11H13Cl2NO2S2.